The minimum Gasteiger partial charge on any atom is -0.445 e. The third kappa shape index (κ3) is 5.74. The zero-order valence-corrected chi connectivity index (χ0v) is 24.5. The van der Waals surface area contributed by atoms with Gasteiger partial charge in [-0.25, -0.2) is 14.8 Å². The number of nitrogens with zero attached hydrogens (tertiary/aromatic N) is 7. The summed E-state index contributed by atoms with van der Waals surface area (Å²) in [6.45, 7) is 3.26. The van der Waals surface area contributed by atoms with Crippen LogP contribution >= 0.6 is 34.5 Å². The van der Waals surface area contributed by atoms with Gasteiger partial charge in [-0.2, -0.15) is 5.10 Å². The van der Waals surface area contributed by atoms with Gasteiger partial charge in [0.15, 0.2) is 5.82 Å². The summed E-state index contributed by atoms with van der Waals surface area (Å²) in [6.07, 6.45) is 3.52. The lowest BCUT2D eigenvalue weighted by Crippen LogP contribution is -2.42. The van der Waals surface area contributed by atoms with Crippen molar-refractivity contribution in [3.63, 3.8) is 0 Å². The minimum atomic E-state index is -0.284. The number of benzene rings is 1. The van der Waals surface area contributed by atoms with Crippen LogP contribution in [0.15, 0.2) is 36.8 Å². The van der Waals surface area contributed by atoms with E-state index in [0.717, 1.165) is 43.2 Å². The number of morpholine rings is 1. The van der Waals surface area contributed by atoms with E-state index in [2.05, 4.69) is 47.1 Å². The molecule has 42 heavy (non-hydrogen) atoms. The van der Waals surface area contributed by atoms with Gasteiger partial charge in [-0.3, -0.25) is 10.00 Å². The van der Waals surface area contributed by atoms with E-state index >= 15 is 0 Å². The lowest BCUT2D eigenvalue weighted by atomic mass is 10.2. The highest BCUT2D eigenvalue weighted by Gasteiger charge is 2.28. The molecule has 1 amide bonds. The molecule has 0 spiro atoms. The fraction of sp³-hybridized carbons (Fsp3) is 0.333. The average Bonchev–Trinajstić information content (AvgIpc) is 3.81. The standard InChI is InChI=1S/C27H24ClN9O3S2/c28-25-22(34-35-42-25)14-37-23-4-2-18(9-16(23)12-32-37)33-26-24-21(30-15-31-26)11-20(41-24)3-1-17-10-19(13-29-17)40-27(38)36-5-7-39-8-6-36/h2,4,9,11-12,15,17,19,29H,5-8,10,13-14H2,(H,30,31,33)/t17-,19-/m1/s1. The third-order valence-corrected chi connectivity index (χ3v) is 9.05. The first-order chi connectivity index (χ1) is 20.6. The molecular weight excluding hydrogens is 598 g/mol. The van der Waals surface area contributed by atoms with Crippen molar-refractivity contribution in [2.24, 2.45) is 0 Å². The van der Waals surface area contributed by atoms with Crippen molar-refractivity contribution < 1.29 is 14.3 Å². The van der Waals surface area contributed by atoms with Crippen molar-refractivity contribution in [2.45, 2.75) is 25.1 Å². The van der Waals surface area contributed by atoms with Gasteiger partial charge in [-0.05, 0) is 24.3 Å². The summed E-state index contributed by atoms with van der Waals surface area (Å²) in [5.74, 6) is 7.26. The number of ether oxygens (including phenoxy) is 2. The quantitative estimate of drug-likeness (QED) is 0.279. The van der Waals surface area contributed by atoms with Gasteiger partial charge in [0.1, 0.15) is 22.5 Å². The molecule has 2 N–H and O–H groups in total. The Balaban J connectivity index is 1.02. The van der Waals surface area contributed by atoms with Gasteiger partial charge in [0.25, 0.3) is 0 Å². The lowest BCUT2D eigenvalue weighted by molar-refractivity contribution is 0.0156. The Hall–Kier alpha value is -3.87. The number of carbonyl (C=O) groups is 1. The second-order valence-electron chi connectivity index (χ2n) is 9.81. The first-order valence-corrected chi connectivity index (χ1v) is 15.3. The van der Waals surface area contributed by atoms with Crippen molar-refractivity contribution in [3.05, 3.63) is 51.7 Å². The van der Waals surface area contributed by atoms with Crippen LogP contribution in [0.2, 0.25) is 4.34 Å². The Morgan fingerprint density at radius 1 is 1.26 bits per heavy atom. The first-order valence-electron chi connectivity index (χ1n) is 13.3. The van der Waals surface area contributed by atoms with Crippen LogP contribution < -0.4 is 10.6 Å². The average molecular weight is 622 g/mol. The van der Waals surface area contributed by atoms with E-state index in [1.54, 1.807) is 11.2 Å². The fourth-order valence-corrected chi connectivity index (χ4v) is 6.42. The summed E-state index contributed by atoms with van der Waals surface area (Å²) in [5.41, 5.74) is 3.36. The van der Waals surface area contributed by atoms with E-state index in [1.165, 1.54) is 11.3 Å². The van der Waals surface area contributed by atoms with Gasteiger partial charge in [-0.15, -0.1) is 16.4 Å². The number of halogens is 1. The van der Waals surface area contributed by atoms with Gasteiger partial charge < -0.3 is 19.7 Å². The van der Waals surface area contributed by atoms with Crippen molar-refractivity contribution in [1.82, 2.24) is 39.6 Å². The topological polar surface area (TPSA) is 132 Å². The number of rotatable bonds is 5. The molecule has 2 aliphatic rings. The van der Waals surface area contributed by atoms with Crippen LogP contribution in [-0.4, -0.2) is 85.3 Å². The number of aromatic nitrogens is 6. The van der Waals surface area contributed by atoms with Gasteiger partial charge in [0, 0.05) is 48.7 Å². The van der Waals surface area contributed by atoms with E-state index in [4.69, 9.17) is 21.1 Å². The summed E-state index contributed by atoms with van der Waals surface area (Å²) >= 11 is 8.87. The highest BCUT2D eigenvalue weighted by Crippen LogP contribution is 2.31. The second-order valence-corrected chi connectivity index (χ2v) is 12.2. The number of nitrogens with one attached hydrogen (secondary N) is 2. The lowest BCUT2D eigenvalue weighted by Gasteiger charge is -2.27. The zero-order valence-electron chi connectivity index (χ0n) is 22.1. The summed E-state index contributed by atoms with van der Waals surface area (Å²) < 4.78 is 18.2. The number of fused-ring (bicyclic) bond motifs is 2. The van der Waals surface area contributed by atoms with Crippen molar-refractivity contribution in [1.29, 1.82) is 0 Å². The molecule has 5 aromatic rings. The normalized spacial score (nSPS) is 18.7. The van der Waals surface area contributed by atoms with Crippen molar-refractivity contribution >= 4 is 73.2 Å². The first kappa shape index (κ1) is 27.0. The van der Waals surface area contributed by atoms with Crippen LogP contribution in [0.3, 0.4) is 0 Å². The Labute approximate surface area is 253 Å². The predicted octanol–water partition coefficient (Wildman–Crippen LogP) is 3.89. The van der Waals surface area contributed by atoms with Gasteiger partial charge in [0.05, 0.1) is 52.6 Å². The van der Waals surface area contributed by atoms with Gasteiger partial charge in [-0.1, -0.05) is 27.9 Å². The molecule has 2 aliphatic heterocycles. The van der Waals surface area contributed by atoms with E-state index in [-0.39, 0.29) is 18.2 Å². The SMILES string of the molecule is O=C(O[C@H]1CN[C@H](C#Cc2cc3ncnc(Nc4ccc5c(cnn5Cc5nnsc5Cl)c4)c3s2)C1)N1CCOCC1. The Kier molecular flexibility index (Phi) is 7.57. The molecule has 2 fully saturated rings. The number of carbonyl (C=O) groups excluding carboxylic acids is 1. The molecule has 15 heteroatoms. The highest BCUT2D eigenvalue weighted by molar-refractivity contribution is 7.20. The van der Waals surface area contributed by atoms with Crippen LogP contribution in [0.1, 0.15) is 17.0 Å². The second kappa shape index (κ2) is 11.8. The van der Waals surface area contributed by atoms with Crippen molar-refractivity contribution in [3.8, 4) is 11.8 Å². The number of hydrogen-bond donors (Lipinski definition) is 2. The molecule has 7 rings (SSSR count). The van der Waals surface area contributed by atoms with Crippen LogP contribution in [-0.2, 0) is 16.0 Å². The van der Waals surface area contributed by atoms with Gasteiger partial charge in [0.2, 0.25) is 0 Å². The Bertz CT molecular complexity index is 1820. The molecule has 6 heterocycles. The molecular formula is C27H24ClN9O3S2. The molecule has 0 aliphatic carbocycles. The minimum absolute atomic E-state index is 0.0585. The molecule has 2 atom stereocenters. The molecule has 0 bridgehead atoms. The smallest absolute Gasteiger partial charge is 0.410 e. The van der Waals surface area contributed by atoms with Crippen molar-refractivity contribution in [2.75, 3.05) is 38.2 Å². The largest absolute Gasteiger partial charge is 0.445 e. The fourth-order valence-electron chi connectivity index (χ4n) is 4.89. The van der Waals surface area contributed by atoms with Crippen LogP contribution in [0, 0.1) is 11.8 Å². The monoisotopic (exact) mass is 621 g/mol. The molecule has 2 saturated heterocycles. The summed E-state index contributed by atoms with van der Waals surface area (Å²) in [4.78, 5) is 23.9. The molecule has 12 nitrogen and oxygen atoms in total. The summed E-state index contributed by atoms with van der Waals surface area (Å²) in [7, 11) is 0. The predicted molar refractivity (Wildman–Crippen MR) is 160 cm³/mol. The Morgan fingerprint density at radius 3 is 3.02 bits per heavy atom. The maximum absolute atomic E-state index is 12.4. The third-order valence-electron chi connectivity index (χ3n) is 7.02. The molecule has 4 aromatic heterocycles. The molecule has 0 radical (unpaired) electrons. The molecule has 214 valence electrons. The zero-order chi connectivity index (χ0) is 28.5. The maximum atomic E-state index is 12.4. The number of anilines is 2. The maximum Gasteiger partial charge on any atom is 0.410 e. The number of thiophene rings is 1. The molecule has 1 aromatic carbocycles. The van der Waals surface area contributed by atoms with E-state index < -0.39 is 0 Å². The van der Waals surface area contributed by atoms with Crippen LogP contribution in [0.4, 0.5) is 16.3 Å². The van der Waals surface area contributed by atoms with Crippen LogP contribution in [0.5, 0.6) is 0 Å². The number of hydrogen-bond acceptors (Lipinski definition) is 12. The van der Waals surface area contributed by atoms with E-state index in [0.29, 0.717) is 61.7 Å². The van der Waals surface area contributed by atoms with E-state index in [9.17, 15) is 4.79 Å². The number of amides is 1. The Morgan fingerprint density at radius 2 is 2.17 bits per heavy atom. The van der Waals surface area contributed by atoms with E-state index in [1.807, 2.05) is 35.1 Å². The summed E-state index contributed by atoms with van der Waals surface area (Å²) in [6, 6.07) is 7.92. The molecule has 0 unspecified atom stereocenters. The van der Waals surface area contributed by atoms with Crippen LogP contribution in [0.25, 0.3) is 21.1 Å². The van der Waals surface area contributed by atoms with Gasteiger partial charge >= 0.3 is 6.09 Å². The molecule has 0 saturated carbocycles. The highest BCUT2D eigenvalue weighted by atomic mass is 35.5. The summed E-state index contributed by atoms with van der Waals surface area (Å²) in [5, 5.41) is 16.3.